The van der Waals surface area contributed by atoms with E-state index in [1.165, 1.54) is 39.8 Å². The minimum absolute atomic E-state index is 0.0399. The van der Waals surface area contributed by atoms with Crippen LogP contribution in [-0.2, 0) is 38.2 Å². The number of hydrogen-bond donors (Lipinski definition) is 2. The van der Waals surface area contributed by atoms with Crippen molar-refractivity contribution in [3.8, 4) is 0 Å². The Hall–Kier alpha value is -3.47. The summed E-state index contributed by atoms with van der Waals surface area (Å²) in [6, 6.07) is 7.12. The van der Waals surface area contributed by atoms with Crippen molar-refractivity contribution in [3.63, 3.8) is 0 Å². The Kier molecular flexibility index (Phi) is 10.7. The number of ether oxygens (including phenoxy) is 3. The Balaban J connectivity index is 1.31. The van der Waals surface area contributed by atoms with Crippen LogP contribution in [0.2, 0.25) is 0 Å². The molecule has 13 nitrogen and oxygen atoms in total. The molecule has 5 rings (SSSR count). The zero-order valence-electron chi connectivity index (χ0n) is 25.8. The molecule has 4 atom stereocenters. The van der Waals surface area contributed by atoms with Crippen molar-refractivity contribution in [2.45, 2.75) is 68.4 Å². The van der Waals surface area contributed by atoms with E-state index in [-0.39, 0.29) is 5.70 Å². The number of rotatable bonds is 11. The third-order valence-corrected chi connectivity index (χ3v) is 10.7. The van der Waals surface area contributed by atoms with Crippen LogP contribution in [0, 0.1) is 12.3 Å². The molecule has 4 heterocycles. The molecule has 16 heteroatoms. The van der Waals surface area contributed by atoms with E-state index in [4.69, 9.17) is 14.2 Å². The maximum Gasteiger partial charge on any atom is 0.357 e. The van der Waals surface area contributed by atoms with E-state index >= 15 is 0 Å². The van der Waals surface area contributed by atoms with Gasteiger partial charge in [-0.15, -0.1) is 22.0 Å². The van der Waals surface area contributed by atoms with E-state index in [0.29, 0.717) is 39.9 Å². The number of thioether (sulfide) groups is 2. The molecule has 1 aromatic carbocycles. The Morgan fingerprint density at radius 3 is 2.57 bits per heavy atom. The van der Waals surface area contributed by atoms with Crippen LogP contribution >= 0.6 is 34.9 Å². The zero-order valence-corrected chi connectivity index (χ0v) is 28.2. The number of benzene rings is 1. The van der Waals surface area contributed by atoms with Gasteiger partial charge in [-0.2, -0.15) is 0 Å². The second-order valence-corrected chi connectivity index (χ2v) is 15.3. The molecular weight excluding hydrogens is 655 g/mol. The predicted molar refractivity (Wildman–Crippen MR) is 170 cm³/mol. The second kappa shape index (κ2) is 14.5. The van der Waals surface area contributed by atoms with Crippen molar-refractivity contribution in [2.24, 2.45) is 5.41 Å². The molecule has 4 unspecified atom stereocenters. The summed E-state index contributed by atoms with van der Waals surface area (Å²) >= 11 is 4.17. The number of carbonyl (C=O) groups excluding carboxylic acids is 5. The summed E-state index contributed by atoms with van der Waals surface area (Å²) in [5.74, 6) is -2.38. The van der Waals surface area contributed by atoms with Gasteiger partial charge in [0, 0.05) is 17.1 Å². The molecular formula is C30H35N5O8S3. The average Bonchev–Trinajstić information content (AvgIpc) is 3.73. The van der Waals surface area contributed by atoms with Gasteiger partial charge in [-0.05, 0) is 52.7 Å². The molecule has 246 valence electrons. The number of hydrogen-bond acceptors (Lipinski definition) is 14. The minimum atomic E-state index is -1.27. The minimum Gasteiger partial charge on any atom is -0.446 e. The molecule has 3 aliphatic heterocycles. The van der Waals surface area contributed by atoms with Crippen LogP contribution in [-0.4, -0.2) is 87.1 Å². The van der Waals surface area contributed by atoms with Crippen LogP contribution in [0.1, 0.15) is 50.3 Å². The molecule has 0 radical (unpaired) electrons. The molecule has 0 spiro atoms. The number of β-lactam (4-membered cyclic amide) rings is 1. The lowest BCUT2D eigenvalue weighted by Crippen LogP contribution is -2.71. The summed E-state index contributed by atoms with van der Waals surface area (Å²) in [7, 11) is 0. The smallest absolute Gasteiger partial charge is 0.357 e. The van der Waals surface area contributed by atoms with E-state index in [1.54, 1.807) is 51.1 Å². The van der Waals surface area contributed by atoms with Crippen LogP contribution in [0.25, 0.3) is 0 Å². The number of carbonyl (C=O) groups is 5. The first-order valence-electron chi connectivity index (χ1n) is 14.7. The Morgan fingerprint density at radius 1 is 1.15 bits per heavy atom. The topological polar surface area (TPSA) is 166 Å². The predicted octanol–water partition coefficient (Wildman–Crippen LogP) is 2.72. The molecule has 2 N–H and O–H groups in total. The van der Waals surface area contributed by atoms with Crippen molar-refractivity contribution < 1.29 is 38.2 Å². The van der Waals surface area contributed by atoms with Crippen molar-refractivity contribution >= 4 is 64.6 Å². The first-order chi connectivity index (χ1) is 21.9. The SMILES string of the molecule is Cc1nnc(SCC2=C(C(=O)OCOC(=O)C(C)(C)C)N3C(=O)C(NC(=O)C(OC(=O)C4CCCN4)c4ccccc4)C3SC2)s1. The van der Waals surface area contributed by atoms with Gasteiger partial charge in [-0.25, -0.2) is 4.79 Å². The highest BCUT2D eigenvalue weighted by Crippen LogP contribution is 2.42. The molecule has 2 saturated heterocycles. The number of fused-ring (bicyclic) bond motifs is 1. The largest absolute Gasteiger partial charge is 0.446 e. The highest BCUT2D eigenvalue weighted by atomic mass is 32.2. The summed E-state index contributed by atoms with van der Waals surface area (Å²) in [4.78, 5) is 66.9. The average molecular weight is 690 g/mol. The standard InChI is InChI=1S/C30H35N5O8S3/c1-16-33-34-29(46-16)45-14-18-13-44-25-20(24(37)35(25)21(18)27(39)41-15-42-28(40)30(2,3)4)32-23(36)22(17-9-6-5-7-10-17)43-26(38)19-11-8-12-31-19/h5-7,9-10,19-20,22,25,31H,8,11-15H2,1-4H3,(H,32,36). The van der Waals surface area contributed by atoms with Gasteiger partial charge in [0.2, 0.25) is 12.9 Å². The fourth-order valence-corrected chi connectivity index (χ4v) is 8.20. The van der Waals surface area contributed by atoms with Crippen LogP contribution in [0.15, 0.2) is 45.9 Å². The van der Waals surface area contributed by atoms with Gasteiger partial charge >= 0.3 is 17.9 Å². The second-order valence-electron chi connectivity index (χ2n) is 11.8. The van der Waals surface area contributed by atoms with Gasteiger partial charge in [-0.1, -0.05) is 53.4 Å². The van der Waals surface area contributed by atoms with Crippen molar-refractivity contribution in [1.29, 1.82) is 0 Å². The van der Waals surface area contributed by atoms with Gasteiger partial charge in [0.15, 0.2) is 4.34 Å². The third-order valence-electron chi connectivity index (χ3n) is 7.33. The molecule has 0 saturated carbocycles. The fourth-order valence-electron chi connectivity index (χ4n) is 4.90. The number of aromatic nitrogens is 2. The van der Waals surface area contributed by atoms with Gasteiger partial charge in [-0.3, -0.25) is 24.1 Å². The molecule has 3 aliphatic rings. The summed E-state index contributed by atoms with van der Waals surface area (Å²) in [5, 5.41) is 14.2. The molecule has 0 aliphatic carbocycles. The molecule has 46 heavy (non-hydrogen) atoms. The van der Waals surface area contributed by atoms with Crippen LogP contribution in [0.3, 0.4) is 0 Å². The summed E-state index contributed by atoms with van der Waals surface area (Å²) < 4.78 is 16.8. The third kappa shape index (κ3) is 7.73. The highest BCUT2D eigenvalue weighted by molar-refractivity contribution is 8.01. The van der Waals surface area contributed by atoms with Crippen molar-refractivity contribution in [2.75, 3.05) is 24.8 Å². The quantitative estimate of drug-likeness (QED) is 0.153. The normalized spacial score (nSPS) is 21.6. The number of esters is 3. The Morgan fingerprint density at radius 2 is 1.91 bits per heavy atom. The first kappa shape index (κ1) is 33.9. The first-order valence-corrected chi connectivity index (χ1v) is 17.5. The fraction of sp³-hybridized carbons (Fsp3) is 0.500. The lowest BCUT2D eigenvalue weighted by Gasteiger charge is -2.49. The van der Waals surface area contributed by atoms with Gasteiger partial charge in [0.05, 0.1) is 5.41 Å². The summed E-state index contributed by atoms with van der Waals surface area (Å²) in [6.45, 7) is 6.94. The molecule has 1 aromatic heterocycles. The Labute approximate surface area is 278 Å². The number of nitrogens with zero attached hydrogens (tertiary/aromatic N) is 3. The monoisotopic (exact) mass is 689 g/mol. The van der Waals surface area contributed by atoms with E-state index in [1.807, 2.05) is 6.92 Å². The lowest BCUT2D eigenvalue weighted by molar-refractivity contribution is -0.173. The van der Waals surface area contributed by atoms with Crippen LogP contribution in [0.4, 0.5) is 0 Å². The summed E-state index contributed by atoms with van der Waals surface area (Å²) in [5.41, 5.74) is 0.340. The lowest BCUT2D eigenvalue weighted by atomic mass is 9.98. The highest BCUT2D eigenvalue weighted by Gasteiger charge is 2.55. The summed E-state index contributed by atoms with van der Waals surface area (Å²) in [6.07, 6.45) is 0.161. The molecule has 2 amide bonds. The van der Waals surface area contributed by atoms with E-state index < -0.39 is 65.5 Å². The molecule has 0 bridgehead atoms. The Bertz CT molecular complexity index is 1520. The van der Waals surface area contributed by atoms with E-state index in [0.717, 1.165) is 11.4 Å². The number of aryl methyl sites for hydroxylation is 1. The maximum absolute atomic E-state index is 13.6. The maximum atomic E-state index is 13.6. The molecule has 2 fully saturated rings. The van der Waals surface area contributed by atoms with Gasteiger partial charge in [0.25, 0.3) is 11.8 Å². The molecule has 2 aromatic rings. The number of amides is 2. The van der Waals surface area contributed by atoms with Crippen LogP contribution < -0.4 is 10.6 Å². The van der Waals surface area contributed by atoms with Crippen LogP contribution in [0.5, 0.6) is 0 Å². The van der Waals surface area contributed by atoms with E-state index in [2.05, 4.69) is 20.8 Å². The van der Waals surface area contributed by atoms with E-state index in [9.17, 15) is 24.0 Å². The van der Waals surface area contributed by atoms with Gasteiger partial charge in [0.1, 0.15) is 28.2 Å². The zero-order chi connectivity index (χ0) is 33.0. The van der Waals surface area contributed by atoms with Crippen molar-refractivity contribution in [3.05, 3.63) is 52.2 Å². The van der Waals surface area contributed by atoms with Crippen molar-refractivity contribution in [1.82, 2.24) is 25.7 Å². The van der Waals surface area contributed by atoms with Gasteiger partial charge < -0.3 is 24.8 Å². The number of nitrogens with one attached hydrogen (secondary N) is 2.